The van der Waals surface area contributed by atoms with Crippen LogP contribution in [0.2, 0.25) is 0 Å². The molecule has 3 aliphatic rings. The lowest BCUT2D eigenvalue weighted by molar-refractivity contribution is -0.122. The van der Waals surface area contributed by atoms with E-state index in [-0.39, 0.29) is 5.91 Å². The van der Waals surface area contributed by atoms with Crippen LogP contribution in [0.4, 0.5) is 17.1 Å². The van der Waals surface area contributed by atoms with Crippen molar-refractivity contribution in [2.24, 2.45) is 4.99 Å². The SMILES string of the molecule is CN1/C(=C2/S/C(=N\c3cc(C#N)ccc3N3CCCC3)N(Cc3ccccc3)C2=O)Sc2ccccc21. The Hall–Kier alpha value is -3.67. The molecule has 0 unspecified atom stereocenters. The molecule has 3 aromatic rings. The molecule has 8 heteroatoms. The van der Waals surface area contributed by atoms with Crippen LogP contribution in [0.3, 0.4) is 0 Å². The number of fused-ring (bicyclic) bond motifs is 1. The van der Waals surface area contributed by atoms with E-state index < -0.39 is 0 Å². The fourth-order valence-corrected chi connectivity index (χ4v) is 7.17. The summed E-state index contributed by atoms with van der Waals surface area (Å²) in [6.45, 7) is 2.37. The minimum atomic E-state index is -0.0473. The molecule has 0 aliphatic carbocycles. The lowest BCUT2D eigenvalue weighted by Crippen LogP contribution is -2.29. The first-order chi connectivity index (χ1) is 18.1. The monoisotopic (exact) mass is 523 g/mol. The van der Waals surface area contributed by atoms with E-state index >= 15 is 0 Å². The number of amides is 1. The largest absolute Gasteiger partial charge is 0.370 e. The number of nitrogens with zero attached hydrogens (tertiary/aromatic N) is 5. The summed E-state index contributed by atoms with van der Waals surface area (Å²) >= 11 is 3.04. The summed E-state index contributed by atoms with van der Waals surface area (Å²) < 4.78 is 0. The van der Waals surface area contributed by atoms with Crippen molar-refractivity contribution in [1.29, 1.82) is 5.26 Å². The number of nitriles is 1. The first-order valence-electron chi connectivity index (χ1n) is 12.3. The van der Waals surface area contributed by atoms with Crippen molar-refractivity contribution >= 4 is 51.7 Å². The summed E-state index contributed by atoms with van der Waals surface area (Å²) in [5.74, 6) is -0.0473. The van der Waals surface area contributed by atoms with Crippen molar-refractivity contribution in [3.8, 4) is 6.07 Å². The van der Waals surface area contributed by atoms with Crippen molar-refractivity contribution in [2.45, 2.75) is 24.3 Å². The van der Waals surface area contributed by atoms with Crippen molar-refractivity contribution in [1.82, 2.24) is 4.90 Å². The van der Waals surface area contributed by atoms with Crippen LogP contribution in [0.5, 0.6) is 0 Å². The number of anilines is 2. The number of rotatable bonds is 4. The standard InChI is InChI=1S/C29H25N5OS2/c1-32-24-11-5-6-12-25(24)36-28(32)26-27(35)34(19-20-9-3-2-4-10-20)29(37-26)31-22-17-21(18-30)13-14-23(22)33-15-7-8-16-33/h2-6,9-14,17H,7-8,15-16,19H2,1H3/b28-26-,31-29-. The third-order valence-electron chi connectivity index (χ3n) is 6.75. The number of amidine groups is 1. The first kappa shape index (κ1) is 23.7. The number of thioether (sulfide) groups is 2. The highest BCUT2D eigenvalue weighted by Crippen LogP contribution is 2.50. The Morgan fingerprint density at radius 1 is 0.946 bits per heavy atom. The molecule has 6 rings (SSSR count). The molecule has 2 fully saturated rings. The van der Waals surface area contributed by atoms with Gasteiger partial charge in [0, 0.05) is 25.0 Å². The molecule has 6 nitrogen and oxygen atoms in total. The van der Waals surface area contributed by atoms with Crippen molar-refractivity contribution in [2.75, 3.05) is 29.9 Å². The molecule has 3 aromatic carbocycles. The lowest BCUT2D eigenvalue weighted by atomic mass is 10.1. The van der Waals surface area contributed by atoms with E-state index in [9.17, 15) is 10.1 Å². The Morgan fingerprint density at radius 2 is 1.70 bits per heavy atom. The van der Waals surface area contributed by atoms with Crippen molar-refractivity contribution in [3.63, 3.8) is 0 Å². The van der Waals surface area contributed by atoms with Crippen LogP contribution < -0.4 is 9.80 Å². The molecule has 0 radical (unpaired) electrons. The van der Waals surface area contributed by atoms with Gasteiger partial charge in [-0.05, 0) is 60.5 Å². The molecule has 3 heterocycles. The molecule has 2 saturated heterocycles. The van der Waals surface area contributed by atoms with Crippen molar-refractivity contribution < 1.29 is 4.79 Å². The summed E-state index contributed by atoms with van der Waals surface area (Å²) in [4.78, 5) is 27.0. The average molecular weight is 524 g/mol. The predicted molar refractivity (Wildman–Crippen MR) is 152 cm³/mol. The molecular formula is C29H25N5OS2. The molecule has 0 atom stereocenters. The minimum absolute atomic E-state index is 0.0473. The molecule has 3 aliphatic heterocycles. The molecule has 0 spiro atoms. The maximum absolute atomic E-state index is 13.9. The van der Waals surface area contributed by atoms with E-state index in [0.717, 1.165) is 58.5 Å². The van der Waals surface area contributed by atoms with Crippen LogP contribution in [-0.2, 0) is 11.3 Å². The molecule has 184 valence electrons. The van der Waals surface area contributed by atoms with E-state index in [0.29, 0.717) is 22.2 Å². The van der Waals surface area contributed by atoms with Gasteiger partial charge in [0.15, 0.2) is 5.17 Å². The maximum atomic E-state index is 13.9. The zero-order valence-corrected chi connectivity index (χ0v) is 22.1. The Labute approximate surface area is 225 Å². The highest BCUT2D eigenvalue weighted by Gasteiger charge is 2.39. The fourth-order valence-electron chi connectivity index (χ4n) is 4.84. The van der Waals surface area contributed by atoms with Gasteiger partial charge in [-0.2, -0.15) is 5.26 Å². The van der Waals surface area contributed by atoms with Crippen LogP contribution in [0.1, 0.15) is 24.0 Å². The zero-order valence-electron chi connectivity index (χ0n) is 20.4. The Balaban J connectivity index is 1.44. The molecule has 0 bridgehead atoms. The van der Waals surface area contributed by atoms with Crippen LogP contribution in [0.15, 0.2) is 92.6 Å². The predicted octanol–water partition coefficient (Wildman–Crippen LogP) is 6.33. The average Bonchev–Trinajstić information content (AvgIpc) is 3.65. The summed E-state index contributed by atoms with van der Waals surface area (Å²) in [5, 5.41) is 11.1. The number of benzene rings is 3. The molecule has 0 saturated carbocycles. The normalized spacial score (nSPS) is 20.2. The Bertz CT molecular complexity index is 1470. The molecular weight excluding hydrogens is 498 g/mol. The van der Waals surface area contributed by atoms with Crippen LogP contribution in [0.25, 0.3) is 0 Å². The number of aliphatic imine (C=N–C) groups is 1. The molecule has 0 N–H and O–H groups in total. The highest BCUT2D eigenvalue weighted by atomic mass is 32.2. The van der Waals surface area contributed by atoms with Gasteiger partial charge in [-0.3, -0.25) is 9.69 Å². The van der Waals surface area contributed by atoms with Gasteiger partial charge in [0.25, 0.3) is 5.91 Å². The summed E-state index contributed by atoms with van der Waals surface area (Å²) in [5.41, 5.74) is 4.44. The zero-order chi connectivity index (χ0) is 25.4. The summed E-state index contributed by atoms with van der Waals surface area (Å²) in [7, 11) is 2.01. The van der Waals surface area contributed by atoms with Gasteiger partial charge in [0.2, 0.25) is 0 Å². The quantitative estimate of drug-likeness (QED) is 0.372. The van der Waals surface area contributed by atoms with E-state index in [2.05, 4.69) is 28.0 Å². The number of para-hydroxylation sites is 1. The fraction of sp³-hybridized carbons (Fsp3) is 0.207. The van der Waals surface area contributed by atoms with Crippen LogP contribution >= 0.6 is 23.5 Å². The van der Waals surface area contributed by atoms with Gasteiger partial charge in [0.1, 0.15) is 4.91 Å². The topological polar surface area (TPSA) is 62.9 Å². The van der Waals surface area contributed by atoms with E-state index in [1.165, 1.54) is 11.8 Å². The highest BCUT2D eigenvalue weighted by molar-refractivity contribution is 8.19. The van der Waals surface area contributed by atoms with Gasteiger partial charge in [-0.25, -0.2) is 4.99 Å². The third kappa shape index (κ3) is 4.50. The second-order valence-corrected chi connectivity index (χ2v) is 11.2. The number of carbonyl (C=O) groups excluding carboxylic acids is 1. The second kappa shape index (κ2) is 10.0. The van der Waals surface area contributed by atoms with Crippen LogP contribution in [-0.4, -0.2) is 36.1 Å². The van der Waals surface area contributed by atoms with Gasteiger partial charge >= 0.3 is 0 Å². The minimum Gasteiger partial charge on any atom is -0.370 e. The smallest absolute Gasteiger partial charge is 0.269 e. The van der Waals surface area contributed by atoms with Gasteiger partial charge in [-0.1, -0.05) is 54.2 Å². The lowest BCUT2D eigenvalue weighted by Gasteiger charge is -2.21. The number of hydrogen-bond donors (Lipinski definition) is 0. The van der Waals surface area contributed by atoms with Crippen LogP contribution in [0, 0.1) is 11.3 Å². The third-order valence-corrected chi connectivity index (χ3v) is 9.18. The van der Waals surface area contributed by atoms with Gasteiger partial charge in [0.05, 0.1) is 40.3 Å². The molecule has 0 aromatic heterocycles. The summed E-state index contributed by atoms with van der Waals surface area (Å²) in [6.07, 6.45) is 2.29. The van der Waals surface area contributed by atoms with Gasteiger partial charge < -0.3 is 9.80 Å². The molecule has 1 amide bonds. The second-order valence-electron chi connectivity index (χ2n) is 9.15. The van der Waals surface area contributed by atoms with E-state index in [4.69, 9.17) is 4.99 Å². The van der Waals surface area contributed by atoms with Gasteiger partial charge in [-0.15, -0.1) is 0 Å². The number of hydrogen-bond acceptors (Lipinski definition) is 7. The number of carbonyl (C=O) groups is 1. The summed E-state index contributed by atoms with van der Waals surface area (Å²) in [6, 6.07) is 26.1. The first-order valence-corrected chi connectivity index (χ1v) is 13.9. The Morgan fingerprint density at radius 3 is 2.46 bits per heavy atom. The van der Waals surface area contributed by atoms with Crippen molar-refractivity contribution in [3.05, 3.63) is 93.9 Å². The van der Waals surface area contributed by atoms with E-state index in [1.54, 1.807) is 16.7 Å². The Kier molecular flexibility index (Phi) is 6.41. The maximum Gasteiger partial charge on any atom is 0.269 e. The van der Waals surface area contributed by atoms with E-state index in [1.807, 2.05) is 67.7 Å². The molecule has 37 heavy (non-hydrogen) atoms.